The first kappa shape index (κ1) is 21.8. The molecule has 0 atom stereocenters. The van der Waals surface area contributed by atoms with Crippen molar-refractivity contribution in [2.45, 2.75) is 27.1 Å². The second-order valence-corrected chi connectivity index (χ2v) is 8.36. The average molecular weight is 455 g/mol. The van der Waals surface area contributed by atoms with Gasteiger partial charge in [-0.25, -0.2) is 4.98 Å². The minimum atomic E-state index is 0.0800. The van der Waals surface area contributed by atoms with Crippen LogP contribution in [-0.2, 0) is 13.2 Å². The van der Waals surface area contributed by atoms with Gasteiger partial charge in [-0.15, -0.1) is 0 Å². The van der Waals surface area contributed by atoms with Crippen molar-refractivity contribution in [2.75, 3.05) is 12.3 Å². The fraction of sp³-hybridized carbons (Fsp3) is 0.192. The number of fused-ring (bicyclic) bond motifs is 1. The van der Waals surface area contributed by atoms with Crippen molar-refractivity contribution in [2.24, 2.45) is 0 Å². The number of hydrazine groups is 1. The molecule has 2 aromatic carbocycles. The van der Waals surface area contributed by atoms with Crippen molar-refractivity contribution in [1.82, 2.24) is 19.5 Å². The molecule has 3 heterocycles. The number of aromatic nitrogens is 3. The third kappa shape index (κ3) is 3.93. The van der Waals surface area contributed by atoms with Gasteiger partial charge in [0.1, 0.15) is 12.4 Å². The first-order chi connectivity index (χ1) is 16.4. The fourth-order valence-corrected chi connectivity index (χ4v) is 4.37. The maximum atomic E-state index is 11.4. The Morgan fingerprint density at radius 1 is 0.941 bits per heavy atom. The Balaban J connectivity index is 1.66. The molecule has 1 aliphatic heterocycles. The Labute approximate surface area is 197 Å². The zero-order valence-electron chi connectivity index (χ0n) is 19.4. The Morgan fingerprint density at radius 2 is 1.62 bits per heavy atom. The average Bonchev–Trinajstić information content (AvgIpc) is 3.16. The minimum Gasteiger partial charge on any atom is -0.497 e. The number of hydrogen-bond donors (Lipinski definition) is 2. The lowest BCUT2D eigenvalue weighted by atomic mass is 9.99. The van der Waals surface area contributed by atoms with Crippen LogP contribution in [0.2, 0.25) is 0 Å². The van der Waals surface area contributed by atoms with Crippen LogP contribution in [0.25, 0.3) is 22.4 Å². The van der Waals surface area contributed by atoms with Gasteiger partial charge >= 0.3 is 0 Å². The summed E-state index contributed by atoms with van der Waals surface area (Å²) in [5.74, 6) is 1.29. The van der Waals surface area contributed by atoms with Crippen molar-refractivity contribution in [3.05, 3.63) is 89.3 Å². The normalized spacial score (nSPS) is 13.2. The standard InChI is InChI=1S/C26H26N6O2/c1-17-13-21(14-18(2)28-17)23-24(20-7-5-4-6-8-20)29-26(27)31-16-30(32(33)25(23)31)15-19-9-11-22(34-3)12-10-19/h4-14,27,33H,15-16H2,1-3H3. The molecule has 2 N–H and O–H groups in total. The maximum Gasteiger partial charge on any atom is 0.225 e. The monoisotopic (exact) mass is 454 g/mol. The molecule has 0 bridgehead atoms. The number of benzene rings is 2. The van der Waals surface area contributed by atoms with E-state index in [9.17, 15) is 5.21 Å². The van der Waals surface area contributed by atoms with Crippen LogP contribution >= 0.6 is 0 Å². The number of hydrogen-bond acceptors (Lipinski definition) is 7. The lowest BCUT2D eigenvalue weighted by Gasteiger charge is -2.24. The third-order valence-corrected chi connectivity index (χ3v) is 5.89. The largest absolute Gasteiger partial charge is 0.497 e. The van der Waals surface area contributed by atoms with E-state index in [1.165, 1.54) is 0 Å². The Morgan fingerprint density at radius 3 is 2.26 bits per heavy atom. The summed E-state index contributed by atoms with van der Waals surface area (Å²) >= 11 is 0. The first-order valence-electron chi connectivity index (χ1n) is 11.0. The molecule has 2 aromatic heterocycles. The number of aryl methyl sites for hydroxylation is 2. The highest BCUT2D eigenvalue weighted by molar-refractivity contribution is 5.88. The molecule has 172 valence electrons. The van der Waals surface area contributed by atoms with Crippen molar-refractivity contribution in [3.8, 4) is 28.1 Å². The van der Waals surface area contributed by atoms with E-state index in [1.54, 1.807) is 16.7 Å². The van der Waals surface area contributed by atoms with Crippen molar-refractivity contribution in [3.63, 3.8) is 0 Å². The molecule has 0 saturated carbocycles. The zero-order chi connectivity index (χ0) is 23.8. The van der Waals surface area contributed by atoms with Gasteiger partial charge in [-0.2, -0.15) is 10.2 Å². The highest BCUT2D eigenvalue weighted by Gasteiger charge is 2.32. The number of anilines is 1. The third-order valence-electron chi connectivity index (χ3n) is 5.89. The van der Waals surface area contributed by atoms with Gasteiger partial charge in [0.2, 0.25) is 5.62 Å². The molecular formula is C26H26N6O2. The minimum absolute atomic E-state index is 0.0800. The molecule has 0 fully saturated rings. The lowest BCUT2D eigenvalue weighted by Crippen LogP contribution is -2.34. The van der Waals surface area contributed by atoms with Gasteiger partial charge in [-0.3, -0.25) is 20.2 Å². The van der Waals surface area contributed by atoms with Crippen LogP contribution in [0.15, 0.2) is 66.7 Å². The van der Waals surface area contributed by atoms with E-state index in [4.69, 9.17) is 10.1 Å². The van der Waals surface area contributed by atoms with Crippen LogP contribution in [0, 0.1) is 19.3 Å². The number of rotatable bonds is 5. The number of methoxy groups -OCH3 is 1. The number of nitrogens with one attached hydrogen (secondary N) is 1. The van der Waals surface area contributed by atoms with E-state index in [2.05, 4.69) is 9.97 Å². The second-order valence-electron chi connectivity index (χ2n) is 8.36. The summed E-state index contributed by atoms with van der Waals surface area (Å²) in [6.07, 6.45) is 0. The van der Waals surface area contributed by atoms with Crippen molar-refractivity contribution < 1.29 is 9.94 Å². The molecule has 8 nitrogen and oxygen atoms in total. The molecule has 8 heteroatoms. The number of pyridine rings is 1. The van der Waals surface area contributed by atoms with Crippen molar-refractivity contribution >= 4 is 5.82 Å². The molecule has 1 aliphatic rings. The van der Waals surface area contributed by atoms with Gasteiger partial charge in [0.15, 0.2) is 5.82 Å². The smallest absolute Gasteiger partial charge is 0.225 e. The van der Waals surface area contributed by atoms with E-state index in [-0.39, 0.29) is 5.62 Å². The summed E-state index contributed by atoms with van der Waals surface area (Å²) in [6.45, 7) is 4.65. The Bertz CT molecular complexity index is 1380. The van der Waals surface area contributed by atoms with Crippen LogP contribution in [0.4, 0.5) is 5.82 Å². The summed E-state index contributed by atoms with van der Waals surface area (Å²) in [4.78, 5) is 9.19. The predicted molar refractivity (Wildman–Crippen MR) is 129 cm³/mol. The topological polar surface area (TPSA) is 90.5 Å². The molecule has 0 spiro atoms. The molecule has 0 amide bonds. The SMILES string of the molecule is COc1ccc(CN2Cn3c(c(-c4cc(C)nc(C)c4)c(-c4ccccc4)nc3=N)N2O)cc1. The lowest BCUT2D eigenvalue weighted by molar-refractivity contribution is 0.0624. The molecule has 34 heavy (non-hydrogen) atoms. The summed E-state index contributed by atoms with van der Waals surface area (Å²) in [5, 5.41) is 22.9. The van der Waals surface area contributed by atoms with E-state index in [0.717, 1.165) is 44.6 Å². The van der Waals surface area contributed by atoms with Crippen LogP contribution in [0.5, 0.6) is 5.75 Å². The summed E-state index contributed by atoms with van der Waals surface area (Å²) < 4.78 is 6.97. The van der Waals surface area contributed by atoms with Gasteiger partial charge < -0.3 is 4.74 Å². The van der Waals surface area contributed by atoms with E-state index in [0.29, 0.717) is 24.7 Å². The van der Waals surface area contributed by atoms with Gasteiger partial charge in [0.25, 0.3) is 0 Å². The quantitative estimate of drug-likeness (QED) is 0.467. The van der Waals surface area contributed by atoms with Crippen LogP contribution in [0.1, 0.15) is 17.0 Å². The Hall–Kier alpha value is -4.01. The summed E-state index contributed by atoms with van der Waals surface area (Å²) in [5.41, 5.74) is 6.02. The molecule has 0 saturated heterocycles. The summed E-state index contributed by atoms with van der Waals surface area (Å²) in [7, 11) is 1.63. The van der Waals surface area contributed by atoms with Gasteiger partial charge in [-0.1, -0.05) is 42.5 Å². The second kappa shape index (κ2) is 8.74. The zero-order valence-corrected chi connectivity index (χ0v) is 19.4. The van der Waals surface area contributed by atoms with Crippen LogP contribution in [-0.4, -0.2) is 31.9 Å². The number of nitrogens with zero attached hydrogens (tertiary/aromatic N) is 5. The molecule has 0 unspecified atom stereocenters. The van der Waals surface area contributed by atoms with Crippen LogP contribution < -0.4 is 15.5 Å². The molecule has 5 rings (SSSR count). The summed E-state index contributed by atoms with van der Waals surface area (Å²) in [6, 6.07) is 21.5. The van der Waals surface area contributed by atoms with Crippen LogP contribution in [0.3, 0.4) is 0 Å². The molecular weight excluding hydrogens is 428 g/mol. The Kier molecular flexibility index (Phi) is 5.61. The maximum absolute atomic E-state index is 11.4. The van der Waals surface area contributed by atoms with Gasteiger partial charge in [0, 0.05) is 23.5 Å². The predicted octanol–water partition coefficient (Wildman–Crippen LogP) is 4.30. The van der Waals surface area contributed by atoms with Gasteiger partial charge in [0.05, 0.1) is 18.4 Å². The van der Waals surface area contributed by atoms with E-state index in [1.807, 2.05) is 80.6 Å². The van der Waals surface area contributed by atoms with Gasteiger partial charge in [-0.05, 0) is 49.2 Å². The number of ether oxygens (including phenoxy) is 1. The molecule has 0 aliphatic carbocycles. The fourth-order valence-electron chi connectivity index (χ4n) is 4.37. The highest BCUT2D eigenvalue weighted by atomic mass is 16.6. The van der Waals surface area contributed by atoms with E-state index >= 15 is 0 Å². The molecule has 4 aromatic rings. The first-order valence-corrected chi connectivity index (χ1v) is 11.0. The highest BCUT2D eigenvalue weighted by Crippen LogP contribution is 2.40. The van der Waals surface area contributed by atoms with Crippen molar-refractivity contribution in [1.29, 1.82) is 5.41 Å². The molecule has 0 radical (unpaired) electrons. The van der Waals surface area contributed by atoms with E-state index < -0.39 is 0 Å².